The van der Waals surface area contributed by atoms with Gasteiger partial charge in [-0.1, -0.05) is 13.8 Å². The summed E-state index contributed by atoms with van der Waals surface area (Å²) in [6.07, 6.45) is 2.00. The van der Waals surface area contributed by atoms with Crippen LogP contribution in [0.4, 0.5) is 0 Å². The molecule has 1 aromatic rings. The number of benzene rings is 1. The third kappa shape index (κ3) is 6.66. The summed E-state index contributed by atoms with van der Waals surface area (Å²) in [5.41, 5.74) is 0.382. The van der Waals surface area contributed by atoms with Gasteiger partial charge in [0.05, 0.1) is 20.8 Å². The predicted molar refractivity (Wildman–Crippen MR) is 109 cm³/mol. The predicted octanol–water partition coefficient (Wildman–Crippen LogP) is 1.59. The smallest absolute Gasteiger partial charge is 0.251 e. The van der Waals surface area contributed by atoms with Crippen molar-refractivity contribution in [2.24, 2.45) is 5.92 Å². The van der Waals surface area contributed by atoms with Gasteiger partial charge in [-0.05, 0) is 37.0 Å². The standard InChI is InChI=1S/C21H31N3O5/c1-14(2)11-20(26)24-9-7-16(8-10-24)23-19(25)13-22-21(27)15-5-6-17(28-3)18(12-15)29-4/h5-6,12,14,16H,7-11,13H2,1-4H3,(H,22,27)(H,23,25). The maximum Gasteiger partial charge on any atom is 0.251 e. The minimum Gasteiger partial charge on any atom is -0.493 e. The minimum absolute atomic E-state index is 0.0172. The van der Waals surface area contributed by atoms with Crippen molar-refractivity contribution in [2.45, 2.75) is 39.2 Å². The van der Waals surface area contributed by atoms with Gasteiger partial charge in [0.25, 0.3) is 5.91 Å². The quantitative estimate of drug-likeness (QED) is 0.685. The summed E-state index contributed by atoms with van der Waals surface area (Å²) >= 11 is 0. The number of piperidine rings is 1. The highest BCUT2D eigenvalue weighted by Crippen LogP contribution is 2.27. The van der Waals surface area contributed by atoms with E-state index < -0.39 is 0 Å². The van der Waals surface area contributed by atoms with Crippen molar-refractivity contribution >= 4 is 17.7 Å². The van der Waals surface area contributed by atoms with E-state index in [1.165, 1.54) is 14.2 Å². The molecule has 2 N–H and O–H groups in total. The van der Waals surface area contributed by atoms with E-state index in [4.69, 9.17) is 9.47 Å². The Labute approximate surface area is 171 Å². The van der Waals surface area contributed by atoms with Crippen molar-refractivity contribution in [1.82, 2.24) is 15.5 Å². The van der Waals surface area contributed by atoms with Crippen LogP contribution in [0, 0.1) is 5.92 Å². The lowest BCUT2D eigenvalue weighted by molar-refractivity contribution is -0.133. The number of amides is 3. The molecule has 0 saturated carbocycles. The van der Waals surface area contributed by atoms with E-state index in [1.54, 1.807) is 18.2 Å². The summed E-state index contributed by atoms with van der Waals surface area (Å²) in [6, 6.07) is 4.83. The van der Waals surface area contributed by atoms with Crippen molar-refractivity contribution in [3.8, 4) is 11.5 Å². The molecular weight excluding hydrogens is 374 g/mol. The summed E-state index contributed by atoms with van der Waals surface area (Å²) in [4.78, 5) is 38.4. The minimum atomic E-state index is -0.366. The molecule has 1 aromatic carbocycles. The molecule has 2 rings (SSSR count). The molecule has 0 aromatic heterocycles. The van der Waals surface area contributed by atoms with Gasteiger partial charge < -0.3 is 25.0 Å². The van der Waals surface area contributed by atoms with Crippen LogP contribution in [0.15, 0.2) is 18.2 Å². The molecule has 1 fully saturated rings. The first-order chi connectivity index (χ1) is 13.8. The number of methoxy groups -OCH3 is 2. The largest absolute Gasteiger partial charge is 0.493 e. The number of rotatable bonds is 8. The zero-order valence-electron chi connectivity index (χ0n) is 17.6. The molecule has 1 aliphatic rings. The molecule has 160 valence electrons. The van der Waals surface area contributed by atoms with E-state index >= 15 is 0 Å². The highest BCUT2D eigenvalue weighted by molar-refractivity contribution is 5.97. The third-order valence-corrected chi connectivity index (χ3v) is 4.85. The van der Waals surface area contributed by atoms with Crippen molar-refractivity contribution in [1.29, 1.82) is 0 Å². The number of hydrogen-bond donors (Lipinski definition) is 2. The van der Waals surface area contributed by atoms with Crippen molar-refractivity contribution in [3.05, 3.63) is 23.8 Å². The van der Waals surface area contributed by atoms with Crippen molar-refractivity contribution in [3.63, 3.8) is 0 Å². The number of ether oxygens (including phenoxy) is 2. The SMILES string of the molecule is COc1ccc(C(=O)NCC(=O)NC2CCN(C(=O)CC(C)C)CC2)cc1OC. The van der Waals surface area contributed by atoms with E-state index in [-0.39, 0.29) is 30.3 Å². The molecule has 0 spiro atoms. The van der Waals surface area contributed by atoms with Gasteiger partial charge >= 0.3 is 0 Å². The molecule has 1 aliphatic heterocycles. The van der Waals surface area contributed by atoms with Crippen molar-refractivity contribution < 1.29 is 23.9 Å². The molecule has 29 heavy (non-hydrogen) atoms. The fourth-order valence-corrected chi connectivity index (χ4v) is 3.27. The Morgan fingerprint density at radius 2 is 1.76 bits per heavy atom. The van der Waals surface area contributed by atoms with Gasteiger partial charge in [-0.15, -0.1) is 0 Å². The Morgan fingerprint density at radius 3 is 2.34 bits per heavy atom. The van der Waals surface area contributed by atoms with Crippen LogP contribution in [0.1, 0.15) is 43.5 Å². The van der Waals surface area contributed by atoms with E-state index in [1.807, 2.05) is 18.7 Å². The van der Waals surface area contributed by atoms with Gasteiger partial charge in [-0.25, -0.2) is 0 Å². The molecule has 0 unspecified atom stereocenters. The molecular formula is C21H31N3O5. The Bertz CT molecular complexity index is 727. The van der Waals surface area contributed by atoms with E-state index in [2.05, 4.69) is 10.6 Å². The molecule has 0 radical (unpaired) electrons. The average molecular weight is 405 g/mol. The Balaban J connectivity index is 1.76. The maximum absolute atomic E-state index is 12.3. The number of carbonyl (C=O) groups is 3. The van der Waals surface area contributed by atoms with Gasteiger partial charge in [0, 0.05) is 31.1 Å². The van der Waals surface area contributed by atoms with Crippen LogP contribution >= 0.6 is 0 Å². The number of likely N-dealkylation sites (tertiary alicyclic amines) is 1. The Hall–Kier alpha value is -2.77. The first-order valence-electron chi connectivity index (χ1n) is 9.91. The van der Waals surface area contributed by atoms with Crippen LogP contribution in [-0.2, 0) is 9.59 Å². The second kappa shape index (κ2) is 10.7. The third-order valence-electron chi connectivity index (χ3n) is 4.85. The zero-order chi connectivity index (χ0) is 21.4. The van der Waals surface area contributed by atoms with Crippen LogP contribution in [0.3, 0.4) is 0 Å². The van der Waals surface area contributed by atoms with Crippen LogP contribution in [0.5, 0.6) is 11.5 Å². The maximum atomic E-state index is 12.3. The highest BCUT2D eigenvalue weighted by Gasteiger charge is 2.24. The normalized spacial score (nSPS) is 14.4. The van der Waals surface area contributed by atoms with Crippen LogP contribution in [0.2, 0.25) is 0 Å². The lowest BCUT2D eigenvalue weighted by atomic mass is 10.0. The molecule has 1 heterocycles. The molecule has 1 saturated heterocycles. The van der Waals surface area contributed by atoms with E-state index in [9.17, 15) is 14.4 Å². The Morgan fingerprint density at radius 1 is 1.10 bits per heavy atom. The topological polar surface area (TPSA) is 97.0 Å². The second-order valence-corrected chi connectivity index (χ2v) is 7.57. The fraction of sp³-hybridized carbons (Fsp3) is 0.571. The molecule has 0 atom stereocenters. The molecule has 8 nitrogen and oxygen atoms in total. The van der Waals surface area contributed by atoms with E-state index in [0.717, 1.165) is 12.8 Å². The van der Waals surface area contributed by atoms with Crippen LogP contribution in [-0.4, -0.2) is 62.5 Å². The monoisotopic (exact) mass is 405 g/mol. The summed E-state index contributed by atoms with van der Waals surface area (Å²) in [7, 11) is 3.02. The van der Waals surface area contributed by atoms with Gasteiger partial charge in [0.2, 0.25) is 11.8 Å². The zero-order valence-corrected chi connectivity index (χ0v) is 17.6. The first kappa shape index (κ1) is 22.5. The molecule has 3 amide bonds. The molecule has 0 bridgehead atoms. The van der Waals surface area contributed by atoms with E-state index in [0.29, 0.717) is 42.5 Å². The Kier molecular flexibility index (Phi) is 8.30. The fourth-order valence-electron chi connectivity index (χ4n) is 3.27. The summed E-state index contributed by atoms with van der Waals surface area (Å²) in [5, 5.41) is 5.54. The lowest BCUT2D eigenvalue weighted by Crippen LogP contribution is -2.48. The molecule has 0 aliphatic carbocycles. The van der Waals surface area contributed by atoms with Crippen molar-refractivity contribution in [2.75, 3.05) is 33.9 Å². The first-order valence-corrected chi connectivity index (χ1v) is 9.91. The van der Waals surface area contributed by atoms with Gasteiger partial charge in [-0.3, -0.25) is 14.4 Å². The van der Waals surface area contributed by atoms with Crippen LogP contribution in [0.25, 0.3) is 0 Å². The second-order valence-electron chi connectivity index (χ2n) is 7.57. The van der Waals surface area contributed by atoms with Crippen LogP contribution < -0.4 is 20.1 Å². The highest BCUT2D eigenvalue weighted by atomic mass is 16.5. The van der Waals surface area contributed by atoms with Gasteiger partial charge in [-0.2, -0.15) is 0 Å². The number of hydrogen-bond acceptors (Lipinski definition) is 5. The number of carbonyl (C=O) groups excluding carboxylic acids is 3. The van der Waals surface area contributed by atoms with Gasteiger partial charge in [0.1, 0.15) is 0 Å². The number of nitrogens with zero attached hydrogens (tertiary/aromatic N) is 1. The molecule has 8 heteroatoms. The summed E-state index contributed by atoms with van der Waals surface area (Å²) < 4.78 is 10.3. The summed E-state index contributed by atoms with van der Waals surface area (Å²) in [5.74, 6) is 0.880. The average Bonchev–Trinajstić information content (AvgIpc) is 2.71. The lowest BCUT2D eigenvalue weighted by Gasteiger charge is -2.32. The number of nitrogens with one attached hydrogen (secondary N) is 2. The summed E-state index contributed by atoms with van der Waals surface area (Å²) in [6.45, 7) is 5.24. The van der Waals surface area contributed by atoms with Gasteiger partial charge in [0.15, 0.2) is 11.5 Å².